The first-order valence-electron chi connectivity index (χ1n) is 7.91. The van der Waals surface area contributed by atoms with E-state index in [2.05, 4.69) is 5.32 Å². The summed E-state index contributed by atoms with van der Waals surface area (Å²) in [6, 6.07) is 14.0. The number of nitrogens with one attached hydrogen (secondary N) is 1. The Morgan fingerprint density at radius 2 is 1.68 bits per heavy atom. The standard InChI is InChI=1S/C19H20F3NO2/c1-3-25-17(24)18(2,23-13-14-8-5-4-6-9-14)15-10-7-11-16(12-15)19(20,21)22/h4-12,23H,3,13H2,1-2H3. The molecule has 1 atom stereocenters. The quantitative estimate of drug-likeness (QED) is 0.790. The van der Waals surface area contributed by atoms with Gasteiger partial charge < -0.3 is 4.74 Å². The molecule has 0 aliphatic heterocycles. The highest BCUT2D eigenvalue weighted by Crippen LogP contribution is 2.32. The second kappa shape index (κ2) is 7.70. The van der Waals surface area contributed by atoms with E-state index in [0.29, 0.717) is 6.54 Å². The van der Waals surface area contributed by atoms with Gasteiger partial charge in [0.2, 0.25) is 0 Å². The molecule has 0 radical (unpaired) electrons. The zero-order valence-electron chi connectivity index (χ0n) is 14.1. The van der Waals surface area contributed by atoms with Crippen LogP contribution in [0.1, 0.15) is 30.5 Å². The first-order valence-corrected chi connectivity index (χ1v) is 7.91. The zero-order chi connectivity index (χ0) is 18.5. The fourth-order valence-electron chi connectivity index (χ4n) is 2.45. The average Bonchev–Trinajstić information content (AvgIpc) is 2.60. The molecule has 0 aliphatic rings. The van der Waals surface area contributed by atoms with E-state index in [4.69, 9.17) is 4.74 Å². The van der Waals surface area contributed by atoms with Crippen molar-refractivity contribution in [3.63, 3.8) is 0 Å². The largest absolute Gasteiger partial charge is 0.464 e. The molecule has 3 nitrogen and oxygen atoms in total. The Labute approximate surface area is 144 Å². The molecule has 0 bridgehead atoms. The van der Waals surface area contributed by atoms with Gasteiger partial charge in [-0.15, -0.1) is 0 Å². The number of carbonyl (C=O) groups excluding carboxylic acids is 1. The minimum absolute atomic E-state index is 0.139. The molecule has 2 aromatic rings. The number of ether oxygens (including phenoxy) is 1. The molecule has 1 unspecified atom stereocenters. The van der Waals surface area contributed by atoms with Crippen LogP contribution < -0.4 is 5.32 Å². The van der Waals surface area contributed by atoms with E-state index in [9.17, 15) is 18.0 Å². The van der Waals surface area contributed by atoms with Crippen molar-refractivity contribution in [2.24, 2.45) is 0 Å². The normalized spacial score (nSPS) is 14.0. The maximum atomic E-state index is 13.0. The molecule has 134 valence electrons. The Hall–Kier alpha value is -2.34. The lowest BCUT2D eigenvalue weighted by Gasteiger charge is -2.30. The number of esters is 1. The third-order valence-corrected chi connectivity index (χ3v) is 3.94. The Kier molecular flexibility index (Phi) is 5.85. The molecule has 0 saturated heterocycles. The molecular formula is C19H20F3NO2. The number of hydrogen-bond donors (Lipinski definition) is 1. The van der Waals surface area contributed by atoms with E-state index in [0.717, 1.165) is 17.7 Å². The van der Waals surface area contributed by atoms with E-state index in [1.54, 1.807) is 6.92 Å². The van der Waals surface area contributed by atoms with Crippen molar-refractivity contribution in [1.29, 1.82) is 0 Å². The van der Waals surface area contributed by atoms with Gasteiger partial charge in [-0.3, -0.25) is 5.32 Å². The van der Waals surface area contributed by atoms with E-state index in [-0.39, 0.29) is 12.2 Å². The van der Waals surface area contributed by atoms with Gasteiger partial charge in [0.25, 0.3) is 0 Å². The molecule has 0 aromatic heterocycles. The zero-order valence-corrected chi connectivity index (χ0v) is 14.1. The summed E-state index contributed by atoms with van der Waals surface area (Å²) in [4.78, 5) is 12.5. The van der Waals surface area contributed by atoms with Crippen LogP contribution in [0.3, 0.4) is 0 Å². The van der Waals surface area contributed by atoms with E-state index >= 15 is 0 Å². The van der Waals surface area contributed by atoms with Crippen LogP contribution in [-0.4, -0.2) is 12.6 Å². The summed E-state index contributed by atoms with van der Waals surface area (Å²) < 4.78 is 44.2. The smallest absolute Gasteiger partial charge is 0.416 e. The van der Waals surface area contributed by atoms with E-state index < -0.39 is 23.2 Å². The van der Waals surface area contributed by atoms with Crippen LogP contribution in [0.4, 0.5) is 13.2 Å². The van der Waals surface area contributed by atoms with Gasteiger partial charge in [0, 0.05) is 6.54 Å². The van der Waals surface area contributed by atoms with Crippen molar-refractivity contribution in [2.75, 3.05) is 6.61 Å². The Morgan fingerprint density at radius 1 is 1.04 bits per heavy atom. The average molecular weight is 351 g/mol. The summed E-state index contributed by atoms with van der Waals surface area (Å²) in [5.74, 6) is -0.620. The van der Waals surface area contributed by atoms with Crippen LogP contribution in [0.25, 0.3) is 0 Å². The highest BCUT2D eigenvalue weighted by Gasteiger charge is 2.38. The Balaban J connectivity index is 2.36. The van der Waals surface area contributed by atoms with Crippen LogP contribution in [0, 0.1) is 0 Å². The molecule has 0 saturated carbocycles. The van der Waals surface area contributed by atoms with Gasteiger partial charge in [0.1, 0.15) is 5.54 Å². The number of rotatable bonds is 6. The first-order chi connectivity index (χ1) is 11.8. The number of alkyl halides is 3. The van der Waals surface area contributed by atoms with Gasteiger partial charge >= 0.3 is 12.1 Å². The van der Waals surface area contributed by atoms with E-state index in [1.165, 1.54) is 19.1 Å². The van der Waals surface area contributed by atoms with Crippen molar-refractivity contribution in [1.82, 2.24) is 5.32 Å². The lowest BCUT2D eigenvalue weighted by molar-refractivity contribution is -0.151. The lowest BCUT2D eigenvalue weighted by atomic mass is 9.90. The van der Waals surface area contributed by atoms with Crippen LogP contribution in [-0.2, 0) is 27.8 Å². The Bertz CT molecular complexity index is 716. The SMILES string of the molecule is CCOC(=O)C(C)(NCc1ccccc1)c1cccc(C(F)(F)F)c1. The highest BCUT2D eigenvalue weighted by molar-refractivity contribution is 5.82. The lowest BCUT2D eigenvalue weighted by Crippen LogP contribution is -2.47. The third-order valence-electron chi connectivity index (χ3n) is 3.94. The molecule has 2 rings (SSSR count). The topological polar surface area (TPSA) is 38.3 Å². The predicted octanol–water partition coefficient (Wildman–Crippen LogP) is 4.27. The van der Waals surface area contributed by atoms with Crippen molar-refractivity contribution in [2.45, 2.75) is 32.1 Å². The van der Waals surface area contributed by atoms with Crippen LogP contribution in [0.5, 0.6) is 0 Å². The third kappa shape index (κ3) is 4.60. The van der Waals surface area contributed by atoms with Gasteiger partial charge in [0.05, 0.1) is 12.2 Å². The summed E-state index contributed by atoms with van der Waals surface area (Å²) in [6.45, 7) is 3.64. The van der Waals surface area contributed by atoms with Gasteiger partial charge in [-0.2, -0.15) is 13.2 Å². The summed E-state index contributed by atoms with van der Waals surface area (Å²) in [5.41, 5.74) is -1.09. The van der Waals surface area contributed by atoms with E-state index in [1.807, 2.05) is 30.3 Å². The maximum Gasteiger partial charge on any atom is 0.416 e. The second-order valence-corrected chi connectivity index (χ2v) is 5.76. The molecule has 0 aliphatic carbocycles. The van der Waals surface area contributed by atoms with Crippen LogP contribution in [0.15, 0.2) is 54.6 Å². The molecule has 0 spiro atoms. The molecule has 0 heterocycles. The molecule has 25 heavy (non-hydrogen) atoms. The molecule has 0 fully saturated rings. The minimum Gasteiger partial charge on any atom is -0.464 e. The second-order valence-electron chi connectivity index (χ2n) is 5.76. The molecular weight excluding hydrogens is 331 g/mol. The monoisotopic (exact) mass is 351 g/mol. The molecule has 0 amide bonds. The summed E-state index contributed by atoms with van der Waals surface area (Å²) in [6.07, 6.45) is -4.48. The minimum atomic E-state index is -4.48. The fraction of sp³-hybridized carbons (Fsp3) is 0.316. The Morgan fingerprint density at radius 3 is 2.28 bits per heavy atom. The van der Waals surface area contributed by atoms with Crippen molar-refractivity contribution in [3.05, 3.63) is 71.3 Å². The van der Waals surface area contributed by atoms with Gasteiger partial charge in [0.15, 0.2) is 0 Å². The van der Waals surface area contributed by atoms with Crippen LogP contribution >= 0.6 is 0 Å². The fourth-order valence-corrected chi connectivity index (χ4v) is 2.45. The number of halogens is 3. The van der Waals surface area contributed by atoms with Crippen molar-refractivity contribution in [3.8, 4) is 0 Å². The summed E-state index contributed by atoms with van der Waals surface area (Å²) in [5, 5.41) is 3.05. The number of carbonyl (C=O) groups is 1. The van der Waals surface area contributed by atoms with Gasteiger partial charge in [-0.25, -0.2) is 4.79 Å². The number of hydrogen-bond acceptors (Lipinski definition) is 3. The maximum absolute atomic E-state index is 13.0. The van der Waals surface area contributed by atoms with Crippen LogP contribution in [0.2, 0.25) is 0 Å². The number of benzene rings is 2. The van der Waals surface area contributed by atoms with Crippen molar-refractivity contribution >= 4 is 5.97 Å². The highest BCUT2D eigenvalue weighted by atomic mass is 19.4. The molecule has 2 aromatic carbocycles. The summed E-state index contributed by atoms with van der Waals surface area (Å²) in [7, 11) is 0. The first kappa shape index (κ1) is 19.0. The predicted molar refractivity (Wildman–Crippen MR) is 88.7 cm³/mol. The summed E-state index contributed by atoms with van der Waals surface area (Å²) >= 11 is 0. The molecule has 6 heteroatoms. The molecule has 1 N–H and O–H groups in total. The van der Waals surface area contributed by atoms with Gasteiger partial charge in [-0.05, 0) is 37.1 Å². The van der Waals surface area contributed by atoms with Gasteiger partial charge in [-0.1, -0.05) is 42.5 Å². The van der Waals surface area contributed by atoms with Crippen molar-refractivity contribution < 1.29 is 22.7 Å².